The number of nitrogens with one attached hydrogen (secondary N) is 1. The second-order valence-electron chi connectivity index (χ2n) is 5.05. The molecule has 0 aliphatic heterocycles. The van der Waals surface area contributed by atoms with Gasteiger partial charge in [0, 0.05) is 6.54 Å². The van der Waals surface area contributed by atoms with E-state index in [1.165, 1.54) is 10.9 Å². The lowest BCUT2D eigenvalue weighted by molar-refractivity contribution is -0.120. The summed E-state index contributed by atoms with van der Waals surface area (Å²) in [6, 6.07) is 16.4. The van der Waals surface area contributed by atoms with Gasteiger partial charge in [0.2, 0.25) is 5.91 Å². The normalized spacial score (nSPS) is 10.7. The van der Waals surface area contributed by atoms with Crippen LogP contribution in [0.3, 0.4) is 0 Å². The number of rotatable bonds is 5. The van der Waals surface area contributed by atoms with Crippen molar-refractivity contribution in [2.75, 3.05) is 6.54 Å². The summed E-state index contributed by atoms with van der Waals surface area (Å²) in [7, 11) is 0. The first-order valence-corrected chi connectivity index (χ1v) is 8.01. The minimum Gasteiger partial charge on any atom is -0.355 e. The number of carbonyl (C=O) groups is 1. The molecule has 2 nitrogen and oxygen atoms in total. The van der Waals surface area contributed by atoms with Crippen molar-refractivity contribution < 1.29 is 4.79 Å². The van der Waals surface area contributed by atoms with Crippen molar-refractivity contribution in [3.8, 4) is 0 Å². The Hall–Kier alpha value is -2.13. The zero-order chi connectivity index (χ0) is 14.5. The van der Waals surface area contributed by atoms with Crippen LogP contribution in [0.25, 0.3) is 10.8 Å². The fraction of sp³-hybridized carbons (Fsp3) is 0.167. The van der Waals surface area contributed by atoms with E-state index in [1.807, 2.05) is 24.3 Å². The molecule has 0 aliphatic carbocycles. The summed E-state index contributed by atoms with van der Waals surface area (Å²) in [4.78, 5) is 12.1. The van der Waals surface area contributed by atoms with Gasteiger partial charge in [-0.1, -0.05) is 42.5 Å². The van der Waals surface area contributed by atoms with Gasteiger partial charge in [0.05, 0.1) is 6.42 Å². The van der Waals surface area contributed by atoms with E-state index in [0.717, 1.165) is 17.4 Å². The maximum absolute atomic E-state index is 12.1. The Morgan fingerprint density at radius 3 is 2.76 bits per heavy atom. The molecule has 3 heteroatoms. The van der Waals surface area contributed by atoms with Gasteiger partial charge in [-0.15, -0.1) is 0 Å². The van der Waals surface area contributed by atoms with Crippen LogP contribution in [0.5, 0.6) is 0 Å². The van der Waals surface area contributed by atoms with Crippen molar-refractivity contribution in [2.45, 2.75) is 12.8 Å². The van der Waals surface area contributed by atoms with Crippen LogP contribution >= 0.6 is 11.3 Å². The Morgan fingerprint density at radius 2 is 1.90 bits per heavy atom. The number of hydrogen-bond acceptors (Lipinski definition) is 2. The largest absolute Gasteiger partial charge is 0.355 e. The molecule has 0 saturated carbocycles. The molecule has 0 radical (unpaired) electrons. The predicted octanol–water partition coefficient (Wildman–Crippen LogP) is 3.80. The first kappa shape index (κ1) is 13.8. The molecule has 0 spiro atoms. The van der Waals surface area contributed by atoms with Crippen molar-refractivity contribution in [2.24, 2.45) is 0 Å². The Morgan fingerprint density at radius 1 is 1.05 bits per heavy atom. The van der Waals surface area contributed by atoms with Crippen molar-refractivity contribution in [1.29, 1.82) is 0 Å². The number of hydrogen-bond donors (Lipinski definition) is 1. The Labute approximate surface area is 128 Å². The van der Waals surface area contributed by atoms with Crippen LogP contribution in [-0.4, -0.2) is 12.5 Å². The fourth-order valence-electron chi connectivity index (χ4n) is 2.46. The monoisotopic (exact) mass is 295 g/mol. The highest BCUT2D eigenvalue weighted by Gasteiger charge is 2.06. The molecule has 0 atom stereocenters. The maximum Gasteiger partial charge on any atom is 0.224 e. The van der Waals surface area contributed by atoms with Gasteiger partial charge in [-0.25, -0.2) is 0 Å². The van der Waals surface area contributed by atoms with Crippen LogP contribution in [0.4, 0.5) is 0 Å². The second-order valence-corrected chi connectivity index (χ2v) is 5.83. The number of benzene rings is 2. The van der Waals surface area contributed by atoms with Crippen LogP contribution < -0.4 is 5.32 Å². The summed E-state index contributed by atoms with van der Waals surface area (Å²) in [5, 5.41) is 9.53. The SMILES string of the molecule is O=C(Cc1cccc2ccccc12)NCCc1ccsc1. The van der Waals surface area contributed by atoms with E-state index in [2.05, 4.69) is 40.3 Å². The Kier molecular flexibility index (Phi) is 4.31. The molecule has 3 aromatic rings. The third-order valence-electron chi connectivity index (χ3n) is 3.55. The summed E-state index contributed by atoms with van der Waals surface area (Å²) < 4.78 is 0. The van der Waals surface area contributed by atoms with Gasteiger partial charge in [-0.2, -0.15) is 11.3 Å². The van der Waals surface area contributed by atoms with E-state index in [-0.39, 0.29) is 5.91 Å². The zero-order valence-electron chi connectivity index (χ0n) is 11.7. The summed E-state index contributed by atoms with van der Waals surface area (Å²) in [6.45, 7) is 0.695. The molecule has 0 saturated heterocycles. The van der Waals surface area contributed by atoms with Gasteiger partial charge in [0.1, 0.15) is 0 Å². The standard InChI is InChI=1S/C18H17NOS/c20-18(19-10-8-14-9-11-21-13-14)12-16-6-3-5-15-4-1-2-7-17(15)16/h1-7,9,11,13H,8,10,12H2,(H,19,20). The Balaban J connectivity index is 1.61. The molecular formula is C18H17NOS. The molecule has 3 rings (SSSR count). The van der Waals surface area contributed by atoms with Gasteiger partial charge in [-0.05, 0) is 45.1 Å². The lowest BCUT2D eigenvalue weighted by Crippen LogP contribution is -2.27. The maximum atomic E-state index is 12.1. The fourth-order valence-corrected chi connectivity index (χ4v) is 3.17. The van der Waals surface area contributed by atoms with Crippen molar-refractivity contribution in [1.82, 2.24) is 5.32 Å². The van der Waals surface area contributed by atoms with E-state index in [4.69, 9.17) is 0 Å². The number of amides is 1. The summed E-state index contributed by atoms with van der Waals surface area (Å²) >= 11 is 1.69. The molecule has 0 aliphatic rings. The highest BCUT2D eigenvalue weighted by atomic mass is 32.1. The van der Waals surface area contributed by atoms with Gasteiger partial charge in [0.15, 0.2) is 0 Å². The molecule has 1 amide bonds. The summed E-state index contributed by atoms with van der Waals surface area (Å²) in [5.41, 5.74) is 2.37. The van der Waals surface area contributed by atoms with E-state index in [9.17, 15) is 4.79 Å². The number of fused-ring (bicyclic) bond motifs is 1. The molecule has 1 N–H and O–H groups in total. The Bertz CT molecular complexity index is 729. The lowest BCUT2D eigenvalue weighted by atomic mass is 10.0. The van der Waals surface area contributed by atoms with Crippen molar-refractivity contribution in [3.63, 3.8) is 0 Å². The van der Waals surface area contributed by atoms with Gasteiger partial charge in [0.25, 0.3) is 0 Å². The minimum atomic E-state index is 0.0848. The predicted molar refractivity (Wildman–Crippen MR) is 88.7 cm³/mol. The van der Waals surface area contributed by atoms with Crippen LogP contribution in [0, 0.1) is 0 Å². The van der Waals surface area contributed by atoms with E-state index >= 15 is 0 Å². The molecule has 1 heterocycles. The topological polar surface area (TPSA) is 29.1 Å². The van der Waals surface area contributed by atoms with Crippen LogP contribution in [0.2, 0.25) is 0 Å². The minimum absolute atomic E-state index is 0.0848. The van der Waals surface area contributed by atoms with Crippen molar-refractivity contribution in [3.05, 3.63) is 70.4 Å². The average Bonchev–Trinajstić information content (AvgIpc) is 3.01. The van der Waals surface area contributed by atoms with Gasteiger partial charge < -0.3 is 5.32 Å². The zero-order valence-corrected chi connectivity index (χ0v) is 12.5. The van der Waals surface area contributed by atoms with Crippen LogP contribution in [-0.2, 0) is 17.6 Å². The van der Waals surface area contributed by atoms with Gasteiger partial charge in [-0.3, -0.25) is 4.79 Å². The molecule has 0 fully saturated rings. The molecule has 106 valence electrons. The highest BCUT2D eigenvalue weighted by molar-refractivity contribution is 7.07. The highest BCUT2D eigenvalue weighted by Crippen LogP contribution is 2.18. The number of thiophene rings is 1. The first-order chi connectivity index (χ1) is 10.3. The molecule has 0 bridgehead atoms. The number of carbonyl (C=O) groups excluding carboxylic acids is 1. The average molecular weight is 295 g/mol. The second kappa shape index (κ2) is 6.55. The molecular weight excluding hydrogens is 278 g/mol. The van der Waals surface area contributed by atoms with E-state index in [1.54, 1.807) is 11.3 Å². The quantitative estimate of drug-likeness (QED) is 0.762. The summed E-state index contributed by atoms with van der Waals surface area (Å²) in [6.07, 6.45) is 1.33. The van der Waals surface area contributed by atoms with E-state index < -0.39 is 0 Å². The summed E-state index contributed by atoms with van der Waals surface area (Å²) in [5.74, 6) is 0.0848. The van der Waals surface area contributed by atoms with Crippen molar-refractivity contribution >= 4 is 28.0 Å². The van der Waals surface area contributed by atoms with Gasteiger partial charge >= 0.3 is 0 Å². The molecule has 0 unspecified atom stereocenters. The molecule has 2 aromatic carbocycles. The van der Waals surface area contributed by atoms with Crippen LogP contribution in [0.1, 0.15) is 11.1 Å². The molecule has 21 heavy (non-hydrogen) atoms. The third-order valence-corrected chi connectivity index (χ3v) is 4.28. The smallest absolute Gasteiger partial charge is 0.224 e. The third kappa shape index (κ3) is 3.50. The molecule has 1 aromatic heterocycles. The van der Waals surface area contributed by atoms with Crippen LogP contribution in [0.15, 0.2) is 59.3 Å². The first-order valence-electron chi connectivity index (χ1n) is 7.07. The van der Waals surface area contributed by atoms with E-state index in [0.29, 0.717) is 13.0 Å². The lowest BCUT2D eigenvalue weighted by Gasteiger charge is -2.07.